The number of carbonyl (C=O) groups is 1. The number of ether oxygens (including phenoxy) is 3. The van der Waals surface area contributed by atoms with Crippen LogP contribution >= 0.6 is 11.6 Å². The van der Waals surface area contributed by atoms with E-state index in [4.69, 9.17) is 30.8 Å². The van der Waals surface area contributed by atoms with E-state index in [9.17, 15) is 9.18 Å². The Labute approximate surface area is 282 Å². The van der Waals surface area contributed by atoms with Crippen LogP contribution in [0, 0.1) is 11.6 Å². The molecule has 0 bridgehead atoms. The second kappa shape index (κ2) is 13.3. The molecule has 12 heteroatoms. The highest BCUT2D eigenvalue weighted by Crippen LogP contribution is 2.45. The maximum atomic E-state index is 17.2. The summed E-state index contributed by atoms with van der Waals surface area (Å²) in [6.45, 7) is 3.74. The molecule has 48 heavy (non-hydrogen) atoms. The molecule has 3 aliphatic heterocycles. The number of Topliss-reactive ketones (excluding diaryl/α,β-unsaturated/α-hetero) is 1. The Bertz CT molecular complexity index is 1890. The van der Waals surface area contributed by atoms with Crippen molar-refractivity contribution >= 4 is 44.9 Å². The van der Waals surface area contributed by atoms with Crippen LogP contribution in [-0.2, 0) is 16.0 Å². The highest BCUT2D eigenvalue weighted by molar-refractivity contribution is 6.35. The first-order valence-electron chi connectivity index (χ1n) is 16.6. The van der Waals surface area contributed by atoms with Crippen LogP contribution in [0.15, 0.2) is 30.3 Å². The van der Waals surface area contributed by atoms with E-state index in [0.29, 0.717) is 71.2 Å². The van der Waals surface area contributed by atoms with Crippen molar-refractivity contribution in [1.82, 2.24) is 14.9 Å². The average Bonchev–Trinajstić information content (AvgIpc) is 3.50. The number of aryl methyl sites for hydroxylation is 1. The van der Waals surface area contributed by atoms with E-state index in [1.54, 1.807) is 24.3 Å². The Balaban J connectivity index is 1.42. The maximum absolute atomic E-state index is 17.2. The Kier molecular flexibility index (Phi) is 9.12. The average molecular weight is 683 g/mol. The van der Waals surface area contributed by atoms with E-state index >= 15 is 8.78 Å². The molecule has 7 rings (SSSR count). The van der Waals surface area contributed by atoms with Crippen molar-refractivity contribution in [2.24, 2.45) is 0 Å². The van der Waals surface area contributed by atoms with Gasteiger partial charge >= 0.3 is 6.01 Å². The van der Waals surface area contributed by atoms with Crippen LogP contribution in [0.2, 0.25) is 5.02 Å². The van der Waals surface area contributed by atoms with E-state index in [1.807, 2.05) is 11.8 Å². The lowest BCUT2D eigenvalue weighted by Gasteiger charge is -2.31. The van der Waals surface area contributed by atoms with Crippen molar-refractivity contribution in [3.8, 4) is 22.9 Å². The van der Waals surface area contributed by atoms with Crippen LogP contribution in [-0.4, -0.2) is 79.1 Å². The highest BCUT2D eigenvalue weighted by Gasteiger charge is 2.49. The summed E-state index contributed by atoms with van der Waals surface area (Å²) in [6, 6.07) is 7.93. The number of halogens is 4. The van der Waals surface area contributed by atoms with Crippen molar-refractivity contribution in [2.45, 2.75) is 63.6 Å². The number of anilines is 1. The van der Waals surface area contributed by atoms with Gasteiger partial charge in [0.15, 0.2) is 18.4 Å². The lowest BCUT2D eigenvalue weighted by molar-refractivity contribution is -0.117. The van der Waals surface area contributed by atoms with Gasteiger partial charge in [-0.05, 0) is 84.8 Å². The number of alkyl halides is 1. The Morgan fingerprint density at radius 1 is 1.08 bits per heavy atom. The topological polar surface area (TPSA) is 77.0 Å². The van der Waals surface area contributed by atoms with Gasteiger partial charge in [0, 0.05) is 44.0 Å². The van der Waals surface area contributed by atoms with Crippen LogP contribution in [0.5, 0.6) is 11.8 Å². The third kappa shape index (κ3) is 5.94. The Morgan fingerprint density at radius 2 is 1.94 bits per heavy atom. The van der Waals surface area contributed by atoms with Crippen molar-refractivity contribution in [3.05, 3.63) is 52.6 Å². The van der Waals surface area contributed by atoms with E-state index in [0.717, 1.165) is 32.2 Å². The largest absolute Gasteiger partial charge is 0.468 e. The van der Waals surface area contributed by atoms with Gasteiger partial charge in [0.1, 0.15) is 35.7 Å². The van der Waals surface area contributed by atoms with Crippen LogP contribution in [0.25, 0.3) is 32.8 Å². The molecule has 254 valence electrons. The smallest absolute Gasteiger partial charge is 0.319 e. The first-order valence-corrected chi connectivity index (χ1v) is 16.9. The number of nitrogens with zero attached hydrogens (tertiary/aromatic N) is 4. The molecule has 0 radical (unpaired) electrons. The molecule has 3 fully saturated rings. The summed E-state index contributed by atoms with van der Waals surface area (Å²) in [5.74, 6) is -0.367. The van der Waals surface area contributed by atoms with Crippen molar-refractivity contribution in [1.29, 1.82) is 0 Å². The van der Waals surface area contributed by atoms with Crippen LogP contribution in [0.3, 0.4) is 0 Å². The molecule has 1 aromatic heterocycles. The summed E-state index contributed by atoms with van der Waals surface area (Å²) in [5, 5.41) is 1.54. The van der Waals surface area contributed by atoms with Crippen LogP contribution < -0.4 is 14.4 Å². The van der Waals surface area contributed by atoms with Crippen molar-refractivity contribution in [2.75, 3.05) is 51.6 Å². The summed E-state index contributed by atoms with van der Waals surface area (Å²) in [6.07, 6.45) is 3.44. The van der Waals surface area contributed by atoms with Crippen molar-refractivity contribution in [3.63, 3.8) is 0 Å². The summed E-state index contributed by atoms with van der Waals surface area (Å²) < 4.78 is 64.0. The monoisotopic (exact) mass is 682 g/mol. The molecule has 0 amide bonds. The van der Waals surface area contributed by atoms with Gasteiger partial charge in [0.25, 0.3) is 0 Å². The third-order valence-electron chi connectivity index (χ3n) is 9.98. The molecule has 3 aliphatic rings. The number of carbonyl (C=O) groups excluding carboxylic acids is 1. The van der Waals surface area contributed by atoms with Gasteiger partial charge in [-0.1, -0.05) is 24.6 Å². The lowest BCUT2D eigenvalue weighted by Crippen LogP contribution is -2.43. The minimum Gasteiger partial charge on any atom is -0.468 e. The van der Waals surface area contributed by atoms with E-state index in [1.165, 1.54) is 13.2 Å². The Morgan fingerprint density at radius 3 is 2.75 bits per heavy atom. The Hall–Kier alpha value is -3.67. The third-order valence-corrected chi connectivity index (χ3v) is 10.3. The number of benzene rings is 3. The molecular weight excluding hydrogens is 645 g/mol. The number of methoxy groups -OCH3 is 1. The van der Waals surface area contributed by atoms with Gasteiger partial charge in [0.05, 0.1) is 17.1 Å². The molecule has 8 nitrogen and oxygen atoms in total. The van der Waals surface area contributed by atoms with Gasteiger partial charge in [0.2, 0.25) is 0 Å². The predicted molar refractivity (Wildman–Crippen MR) is 179 cm³/mol. The van der Waals surface area contributed by atoms with Crippen molar-refractivity contribution < 1.29 is 32.2 Å². The predicted octanol–water partition coefficient (Wildman–Crippen LogP) is 7.44. The molecule has 0 saturated carbocycles. The number of rotatable bonds is 9. The molecule has 0 N–H and O–H groups in total. The summed E-state index contributed by atoms with van der Waals surface area (Å²) in [5.41, 5.74) is 0.258. The molecule has 2 atom stereocenters. The van der Waals surface area contributed by atoms with Gasteiger partial charge in [-0.3, -0.25) is 9.69 Å². The first kappa shape index (κ1) is 32.9. The molecule has 3 aromatic carbocycles. The van der Waals surface area contributed by atoms with E-state index < -0.39 is 23.3 Å². The fourth-order valence-electron chi connectivity index (χ4n) is 7.78. The molecule has 4 heterocycles. The molecule has 0 aliphatic carbocycles. The van der Waals surface area contributed by atoms with Gasteiger partial charge < -0.3 is 19.1 Å². The zero-order chi connectivity index (χ0) is 33.6. The standard InChI is InChI=1S/C36H38ClF3N4O4/c1-3-25-29(39)9-8-21-13-24(48-20-46-2)14-26(30(21)25)31-28(37)15-27-33(32(31)40)41-35(42-34(27)43-11-5-4-7-23(45)18-43)47-19-36-10-6-12-44(36)17-22(38)16-36/h8-9,13-15,22H,3-7,10-12,16-20H2,1-2H3/t22-,36+/m1/s1. The quantitative estimate of drug-likeness (QED) is 0.169. The summed E-state index contributed by atoms with van der Waals surface area (Å²) in [4.78, 5) is 26.0. The number of hydrogen-bond donors (Lipinski definition) is 0. The number of fused-ring (bicyclic) bond motifs is 3. The minimum atomic E-state index is -0.941. The van der Waals surface area contributed by atoms with Gasteiger partial charge in [-0.15, -0.1) is 0 Å². The van der Waals surface area contributed by atoms with E-state index in [2.05, 4.69) is 9.88 Å². The number of aromatic nitrogens is 2. The normalized spacial score (nSPS) is 21.7. The van der Waals surface area contributed by atoms with E-state index in [-0.39, 0.29) is 47.8 Å². The zero-order valence-electron chi connectivity index (χ0n) is 27.1. The second-order valence-corrected chi connectivity index (χ2v) is 13.5. The first-order chi connectivity index (χ1) is 23.2. The molecule has 3 saturated heterocycles. The fraction of sp³-hybridized carbons (Fsp3) is 0.472. The lowest BCUT2D eigenvalue weighted by atomic mass is 9.92. The summed E-state index contributed by atoms with van der Waals surface area (Å²) >= 11 is 6.96. The van der Waals surface area contributed by atoms with Crippen LogP contribution in [0.4, 0.5) is 19.0 Å². The zero-order valence-corrected chi connectivity index (χ0v) is 27.8. The molecule has 0 unspecified atom stereocenters. The SMILES string of the molecule is CCc1c(F)ccc2cc(OCOC)cc(-c3c(Cl)cc4c(N5CCCCC(=O)C5)nc(OC[C@@]56CCCN5C[C@H](F)C6)nc4c3F)c12. The number of ketones is 1. The van der Waals surface area contributed by atoms with Gasteiger partial charge in [-0.25, -0.2) is 13.2 Å². The molecular formula is C36H38ClF3N4O4. The van der Waals surface area contributed by atoms with Gasteiger partial charge in [-0.2, -0.15) is 9.97 Å². The number of hydrogen-bond acceptors (Lipinski definition) is 8. The second-order valence-electron chi connectivity index (χ2n) is 13.1. The molecule has 0 spiro atoms. The maximum Gasteiger partial charge on any atom is 0.319 e. The van der Waals surface area contributed by atoms with Crippen LogP contribution in [0.1, 0.15) is 51.0 Å². The minimum absolute atomic E-state index is 0.0245. The fourth-order valence-corrected chi connectivity index (χ4v) is 8.07. The molecule has 4 aromatic rings. The highest BCUT2D eigenvalue weighted by atomic mass is 35.5. The summed E-state index contributed by atoms with van der Waals surface area (Å²) in [7, 11) is 1.49.